The van der Waals surface area contributed by atoms with Crippen molar-refractivity contribution in [1.29, 1.82) is 5.26 Å². The van der Waals surface area contributed by atoms with E-state index in [1.54, 1.807) is 16.8 Å². The number of hydrogen-bond acceptors (Lipinski definition) is 6. The fraction of sp³-hybridized carbons (Fsp3) is 0.222. The van der Waals surface area contributed by atoms with Crippen LogP contribution >= 0.6 is 0 Å². The Morgan fingerprint density at radius 3 is 2.65 bits per heavy atom. The lowest BCUT2D eigenvalue weighted by Gasteiger charge is -2.26. The van der Waals surface area contributed by atoms with Gasteiger partial charge in [-0.3, -0.25) is 4.98 Å². The predicted molar refractivity (Wildman–Crippen MR) is 129 cm³/mol. The molecule has 0 aliphatic carbocycles. The molecule has 1 fully saturated rings. The zero-order chi connectivity index (χ0) is 23.3. The van der Waals surface area contributed by atoms with Crippen molar-refractivity contribution in [3.63, 3.8) is 0 Å². The minimum atomic E-state index is 0.472. The van der Waals surface area contributed by atoms with Crippen molar-refractivity contribution in [2.75, 3.05) is 19.8 Å². The minimum absolute atomic E-state index is 0.472. The van der Waals surface area contributed by atoms with Gasteiger partial charge in [-0.25, -0.2) is 4.68 Å². The van der Waals surface area contributed by atoms with Gasteiger partial charge in [0.2, 0.25) is 5.88 Å². The summed E-state index contributed by atoms with van der Waals surface area (Å²) >= 11 is 0. The Balaban J connectivity index is 1.37. The zero-order valence-corrected chi connectivity index (χ0v) is 18.9. The van der Waals surface area contributed by atoms with Gasteiger partial charge in [-0.05, 0) is 42.8 Å². The van der Waals surface area contributed by atoms with Crippen molar-refractivity contribution in [3.8, 4) is 40.2 Å². The monoisotopic (exact) mass is 451 g/mol. The number of nitriles is 1. The van der Waals surface area contributed by atoms with Crippen LogP contribution < -0.4 is 10.1 Å². The first kappa shape index (κ1) is 21.8. The zero-order valence-electron chi connectivity index (χ0n) is 18.9. The number of nitrogens with zero attached hydrogens (tertiary/aromatic N) is 4. The van der Waals surface area contributed by atoms with Crippen LogP contribution in [-0.2, 0) is 18.2 Å². The van der Waals surface area contributed by atoms with E-state index < -0.39 is 0 Å². The SMILES string of the molecule is Cn1nc(-c2ccccc2)cc1Oc1cc(C#N)ccc1-c1ccc(CCNC2COC2)cn1. The second-order valence-electron chi connectivity index (χ2n) is 8.27. The van der Waals surface area contributed by atoms with Gasteiger partial charge >= 0.3 is 0 Å². The second-order valence-corrected chi connectivity index (χ2v) is 8.27. The van der Waals surface area contributed by atoms with E-state index in [0.717, 1.165) is 54.3 Å². The average Bonchev–Trinajstić information content (AvgIpc) is 3.21. The molecule has 0 saturated carbocycles. The molecule has 34 heavy (non-hydrogen) atoms. The summed E-state index contributed by atoms with van der Waals surface area (Å²) in [5.41, 5.74) is 5.11. The van der Waals surface area contributed by atoms with Crippen molar-refractivity contribution in [3.05, 3.63) is 84.1 Å². The number of ether oxygens (including phenoxy) is 2. The Morgan fingerprint density at radius 1 is 1.09 bits per heavy atom. The molecule has 3 heterocycles. The largest absolute Gasteiger partial charge is 0.439 e. The molecule has 7 nitrogen and oxygen atoms in total. The molecule has 1 saturated heterocycles. The Morgan fingerprint density at radius 2 is 1.94 bits per heavy atom. The van der Waals surface area contributed by atoms with Crippen LogP contribution in [0.3, 0.4) is 0 Å². The first-order valence-corrected chi connectivity index (χ1v) is 11.3. The third kappa shape index (κ3) is 4.84. The maximum atomic E-state index is 9.42. The number of nitrogens with one attached hydrogen (secondary N) is 1. The van der Waals surface area contributed by atoms with E-state index in [9.17, 15) is 5.26 Å². The van der Waals surface area contributed by atoms with Crippen LogP contribution in [0.15, 0.2) is 72.9 Å². The minimum Gasteiger partial charge on any atom is -0.439 e. The summed E-state index contributed by atoms with van der Waals surface area (Å²) in [6, 6.07) is 24.0. The normalized spacial score (nSPS) is 13.3. The number of rotatable bonds is 8. The first-order valence-electron chi connectivity index (χ1n) is 11.3. The molecule has 0 amide bonds. The summed E-state index contributed by atoms with van der Waals surface area (Å²) in [6.45, 7) is 2.48. The summed E-state index contributed by atoms with van der Waals surface area (Å²) in [6.07, 6.45) is 2.80. The predicted octanol–water partition coefficient (Wildman–Crippen LogP) is 4.34. The van der Waals surface area contributed by atoms with Gasteiger partial charge in [0.1, 0.15) is 5.75 Å². The van der Waals surface area contributed by atoms with Crippen molar-refractivity contribution in [2.24, 2.45) is 7.05 Å². The van der Waals surface area contributed by atoms with Gasteiger partial charge in [-0.15, -0.1) is 0 Å². The summed E-state index contributed by atoms with van der Waals surface area (Å²) in [5, 5.41) is 17.5. The molecule has 2 aromatic carbocycles. The van der Waals surface area contributed by atoms with E-state index in [0.29, 0.717) is 23.2 Å². The molecule has 1 aliphatic heterocycles. The number of benzene rings is 2. The summed E-state index contributed by atoms with van der Waals surface area (Å²) in [5.74, 6) is 1.14. The van der Waals surface area contributed by atoms with Crippen molar-refractivity contribution in [1.82, 2.24) is 20.1 Å². The van der Waals surface area contributed by atoms with Gasteiger partial charge in [0, 0.05) is 30.4 Å². The lowest BCUT2D eigenvalue weighted by atomic mass is 10.1. The third-order valence-corrected chi connectivity index (χ3v) is 5.82. The van der Waals surface area contributed by atoms with Gasteiger partial charge in [-0.1, -0.05) is 36.4 Å². The first-order chi connectivity index (χ1) is 16.7. The molecule has 170 valence electrons. The standard InChI is InChI=1S/C27H25N5O2/c1-32-27(14-25(31-32)21-5-3-2-4-6-21)34-26-13-20(15-28)7-9-23(26)24-10-8-19(16-30-24)11-12-29-22-17-33-18-22/h2-10,13-14,16,22,29H,11-12,17-18H2,1H3. The Bertz CT molecular complexity index is 1310. The van der Waals surface area contributed by atoms with Crippen LogP contribution in [0.2, 0.25) is 0 Å². The summed E-state index contributed by atoms with van der Waals surface area (Å²) in [4.78, 5) is 4.68. The molecule has 0 atom stereocenters. The molecule has 5 rings (SSSR count). The van der Waals surface area contributed by atoms with Gasteiger partial charge in [0.05, 0.1) is 42.3 Å². The molecule has 4 aromatic rings. The number of hydrogen-bond donors (Lipinski definition) is 1. The van der Waals surface area contributed by atoms with Crippen LogP contribution in [0.5, 0.6) is 11.6 Å². The van der Waals surface area contributed by atoms with Crippen LogP contribution in [-0.4, -0.2) is 40.6 Å². The Kier molecular flexibility index (Phi) is 6.34. The van der Waals surface area contributed by atoms with Gasteiger partial charge in [-0.2, -0.15) is 10.4 Å². The maximum Gasteiger partial charge on any atom is 0.218 e. The summed E-state index contributed by atoms with van der Waals surface area (Å²) < 4.78 is 13.2. The van der Waals surface area contributed by atoms with Gasteiger partial charge < -0.3 is 14.8 Å². The molecule has 2 aromatic heterocycles. The average molecular weight is 452 g/mol. The van der Waals surface area contributed by atoms with E-state index in [1.165, 1.54) is 0 Å². The van der Waals surface area contributed by atoms with Crippen LogP contribution in [0.1, 0.15) is 11.1 Å². The highest BCUT2D eigenvalue weighted by atomic mass is 16.5. The lowest BCUT2D eigenvalue weighted by molar-refractivity contribution is -0.00467. The molecule has 7 heteroatoms. The van der Waals surface area contributed by atoms with Crippen molar-refractivity contribution < 1.29 is 9.47 Å². The van der Waals surface area contributed by atoms with Crippen molar-refractivity contribution >= 4 is 0 Å². The highest BCUT2D eigenvalue weighted by molar-refractivity contribution is 5.69. The van der Waals surface area contributed by atoms with E-state index in [2.05, 4.69) is 27.5 Å². The molecule has 0 radical (unpaired) electrons. The van der Waals surface area contributed by atoms with Crippen LogP contribution in [0.25, 0.3) is 22.5 Å². The molecule has 1 N–H and O–H groups in total. The van der Waals surface area contributed by atoms with Gasteiger partial charge in [0.15, 0.2) is 0 Å². The number of aryl methyl sites for hydroxylation is 1. The molecule has 1 aliphatic rings. The molecular formula is C27H25N5O2. The third-order valence-electron chi connectivity index (χ3n) is 5.82. The van der Waals surface area contributed by atoms with E-state index in [4.69, 9.17) is 9.47 Å². The maximum absolute atomic E-state index is 9.42. The smallest absolute Gasteiger partial charge is 0.218 e. The summed E-state index contributed by atoms with van der Waals surface area (Å²) in [7, 11) is 1.84. The second kappa shape index (κ2) is 9.87. The van der Waals surface area contributed by atoms with E-state index in [1.807, 2.05) is 61.8 Å². The Labute approximate surface area is 198 Å². The molecule has 0 spiro atoms. The van der Waals surface area contributed by atoms with Gasteiger partial charge in [0.25, 0.3) is 0 Å². The topological polar surface area (TPSA) is 85.0 Å². The highest BCUT2D eigenvalue weighted by Gasteiger charge is 2.17. The lowest BCUT2D eigenvalue weighted by Crippen LogP contribution is -2.46. The molecular weight excluding hydrogens is 426 g/mol. The fourth-order valence-corrected chi connectivity index (χ4v) is 3.80. The van der Waals surface area contributed by atoms with Crippen molar-refractivity contribution in [2.45, 2.75) is 12.5 Å². The quantitative estimate of drug-likeness (QED) is 0.429. The number of pyridine rings is 1. The van der Waals surface area contributed by atoms with Crippen LogP contribution in [0, 0.1) is 11.3 Å². The Hall–Kier alpha value is -3.99. The van der Waals surface area contributed by atoms with E-state index >= 15 is 0 Å². The number of aromatic nitrogens is 3. The fourth-order valence-electron chi connectivity index (χ4n) is 3.80. The molecule has 0 unspecified atom stereocenters. The molecule has 0 bridgehead atoms. The van der Waals surface area contributed by atoms with E-state index in [-0.39, 0.29) is 0 Å². The highest BCUT2D eigenvalue weighted by Crippen LogP contribution is 2.34. The van der Waals surface area contributed by atoms with Crippen LogP contribution in [0.4, 0.5) is 0 Å².